The summed E-state index contributed by atoms with van der Waals surface area (Å²) in [6.45, 7) is 1.10. The highest BCUT2D eigenvalue weighted by atomic mass is 35.5. The predicted octanol–water partition coefficient (Wildman–Crippen LogP) is 2.78. The molecule has 0 aliphatic carbocycles. The maximum absolute atomic E-state index is 11.0. The van der Waals surface area contributed by atoms with Gasteiger partial charge in [-0.3, -0.25) is 0 Å². The minimum Gasteiger partial charge on any atom is -0.488 e. The molecule has 2 heterocycles. The third-order valence-electron chi connectivity index (χ3n) is 5.62. The molecule has 30 heavy (non-hydrogen) atoms. The molecule has 0 radical (unpaired) electrons. The molecular weight excluding hydrogens is 408 g/mol. The third-order valence-corrected chi connectivity index (χ3v) is 5.99. The Hall–Kier alpha value is -1.67. The number of ether oxygens (including phenoxy) is 3. The van der Waals surface area contributed by atoms with Gasteiger partial charge in [-0.15, -0.1) is 0 Å². The zero-order valence-electron chi connectivity index (χ0n) is 16.7. The fourth-order valence-electron chi connectivity index (χ4n) is 4.03. The molecule has 0 amide bonds. The van der Waals surface area contributed by atoms with E-state index in [0.717, 1.165) is 29.9 Å². The maximum Gasteiger partial charge on any atom is 0.195 e. The Kier molecular flexibility index (Phi) is 6.63. The number of halogens is 1. The van der Waals surface area contributed by atoms with Gasteiger partial charge in [0.1, 0.15) is 11.9 Å². The topological polar surface area (TPSA) is 88.4 Å². The molecule has 2 aromatic carbocycles. The molecule has 7 heteroatoms. The van der Waals surface area contributed by atoms with E-state index in [1.807, 2.05) is 24.3 Å². The van der Waals surface area contributed by atoms with Crippen LogP contribution in [0.5, 0.6) is 5.75 Å². The highest BCUT2D eigenvalue weighted by molar-refractivity contribution is 6.31. The first kappa shape index (κ1) is 21.6. The van der Waals surface area contributed by atoms with Gasteiger partial charge in [-0.2, -0.15) is 0 Å². The molecule has 162 valence electrons. The van der Waals surface area contributed by atoms with Crippen LogP contribution >= 0.6 is 11.6 Å². The second kappa shape index (κ2) is 9.22. The first-order valence-electron chi connectivity index (χ1n) is 10.3. The van der Waals surface area contributed by atoms with Crippen molar-refractivity contribution in [1.82, 2.24) is 0 Å². The number of rotatable bonds is 6. The monoisotopic (exact) mass is 434 g/mol. The van der Waals surface area contributed by atoms with Crippen LogP contribution in [0.1, 0.15) is 36.0 Å². The lowest BCUT2D eigenvalue weighted by molar-refractivity contribution is -0.286. The fourth-order valence-corrected chi connectivity index (χ4v) is 4.22. The third kappa shape index (κ3) is 4.97. The van der Waals surface area contributed by atoms with E-state index >= 15 is 0 Å². The molecule has 2 saturated heterocycles. The van der Waals surface area contributed by atoms with Crippen molar-refractivity contribution >= 4 is 11.6 Å². The van der Waals surface area contributed by atoms with Gasteiger partial charge in [0.05, 0.1) is 32.0 Å². The molecule has 0 saturated carbocycles. The summed E-state index contributed by atoms with van der Waals surface area (Å²) in [5.41, 5.74) is 2.40. The molecule has 2 aliphatic heterocycles. The minimum atomic E-state index is -1.66. The quantitative estimate of drug-likeness (QED) is 0.648. The molecule has 6 nitrogen and oxygen atoms in total. The summed E-state index contributed by atoms with van der Waals surface area (Å²) < 4.78 is 16.9. The summed E-state index contributed by atoms with van der Waals surface area (Å²) in [6, 6.07) is 13.1. The summed E-state index contributed by atoms with van der Waals surface area (Å²) in [4.78, 5) is 0. The first-order chi connectivity index (χ1) is 14.4. The van der Waals surface area contributed by atoms with Crippen LogP contribution in [-0.4, -0.2) is 53.5 Å². The lowest BCUT2D eigenvalue weighted by atomic mass is 9.91. The molecule has 4 rings (SSSR count). The highest BCUT2D eigenvalue weighted by Crippen LogP contribution is 2.37. The molecule has 0 spiro atoms. The normalized spacial score (nSPS) is 29.1. The lowest BCUT2D eigenvalue weighted by Crippen LogP contribution is -2.45. The zero-order chi connectivity index (χ0) is 21.1. The fraction of sp³-hybridized carbons (Fsp3) is 0.478. The van der Waals surface area contributed by atoms with E-state index in [0.29, 0.717) is 30.0 Å². The van der Waals surface area contributed by atoms with E-state index in [-0.39, 0.29) is 19.1 Å². The van der Waals surface area contributed by atoms with Crippen molar-refractivity contribution in [3.63, 3.8) is 0 Å². The average molecular weight is 435 g/mol. The number of hydrogen-bond acceptors (Lipinski definition) is 6. The Balaban J connectivity index is 1.49. The number of benzene rings is 2. The van der Waals surface area contributed by atoms with E-state index < -0.39 is 18.0 Å². The molecule has 0 aromatic heterocycles. The van der Waals surface area contributed by atoms with Gasteiger partial charge in [-0.05, 0) is 41.8 Å². The standard InChI is InChI=1S/C23H27ClO6/c24-22-6-3-17(23(27)12-18(26)11-21(13-25)30-23)10-16(22)9-15-1-4-19(5-2-15)29-20-7-8-28-14-20/h1-6,10,18,20-21,25-27H,7-9,11-14H2. The van der Waals surface area contributed by atoms with Gasteiger partial charge < -0.3 is 29.5 Å². The van der Waals surface area contributed by atoms with Crippen LogP contribution in [-0.2, 0) is 21.7 Å². The van der Waals surface area contributed by atoms with Crippen molar-refractivity contribution in [2.24, 2.45) is 0 Å². The Bertz CT molecular complexity index is 851. The van der Waals surface area contributed by atoms with Gasteiger partial charge in [0, 0.05) is 29.8 Å². The van der Waals surface area contributed by atoms with Gasteiger partial charge >= 0.3 is 0 Å². The summed E-state index contributed by atoms with van der Waals surface area (Å²) in [7, 11) is 0. The smallest absolute Gasteiger partial charge is 0.195 e. The van der Waals surface area contributed by atoms with Crippen molar-refractivity contribution in [2.75, 3.05) is 19.8 Å². The molecule has 4 atom stereocenters. The van der Waals surface area contributed by atoms with Crippen LogP contribution in [0.25, 0.3) is 0 Å². The van der Waals surface area contributed by atoms with Crippen LogP contribution < -0.4 is 4.74 Å². The molecule has 2 aliphatic rings. The Labute approximate surface area is 181 Å². The maximum atomic E-state index is 11.0. The van der Waals surface area contributed by atoms with Crippen molar-refractivity contribution < 1.29 is 29.5 Å². The van der Waals surface area contributed by atoms with E-state index in [9.17, 15) is 15.3 Å². The lowest BCUT2D eigenvalue weighted by Gasteiger charge is -2.39. The molecule has 2 aromatic rings. The second-order valence-corrected chi connectivity index (χ2v) is 8.44. The average Bonchev–Trinajstić information content (AvgIpc) is 3.23. The van der Waals surface area contributed by atoms with Crippen LogP contribution in [0.4, 0.5) is 0 Å². The molecule has 4 unspecified atom stereocenters. The predicted molar refractivity (Wildman–Crippen MR) is 112 cm³/mol. The van der Waals surface area contributed by atoms with Gasteiger partial charge in [-0.25, -0.2) is 0 Å². The summed E-state index contributed by atoms with van der Waals surface area (Å²) in [5.74, 6) is -0.853. The highest BCUT2D eigenvalue weighted by Gasteiger charge is 2.41. The largest absolute Gasteiger partial charge is 0.488 e. The summed E-state index contributed by atoms with van der Waals surface area (Å²) in [5, 5.41) is 31.1. The molecule has 0 bridgehead atoms. The van der Waals surface area contributed by atoms with Crippen molar-refractivity contribution in [3.8, 4) is 5.75 Å². The van der Waals surface area contributed by atoms with Crippen LogP contribution in [0, 0.1) is 0 Å². The van der Waals surface area contributed by atoms with Gasteiger partial charge in [-0.1, -0.05) is 29.8 Å². The van der Waals surface area contributed by atoms with Crippen molar-refractivity contribution in [2.45, 2.75) is 49.8 Å². The first-order valence-corrected chi connectivity index (χ1v) is 10.6. The SMILES string of the molecule is OCC1CC(O)CC(O)(c2ccc(Cl)c(Cc3ccc(OC4CCOC4)cc3)c2)O1. The molecule has 2 fully saturated rings. The van der Waals surface area contributed by atoms with E-state index in [1.165, 1.54) is 0 Å². The minimum absolute atomic E-state index is 0.0431. The van der Waals surface area contributed by atoms with Crippen molar-refractivity contribution in [3.05, 3.63) is 64.2 Å². The number of aliphatic hydroxyl groups excluding tert-OH is 2. The van der Waals surface area contributed by atoms with Gasteiger partial charge in [0.15, 0.2) is 5.79 Å². The van der Waals surface area contributed by atoms with Gasteiger partial charge in [0.2, 0.25) is 0 Å². The number of aliphatic hydroxyl groups is 3. The summed E-state index contributed by atoms with van der Waals surface area (Å²) >= 11 is 6.41. The van der Waals surface area contributed by atoms with Crippen LogP contribution in [0.2, 0.25) is 5.02 Å². The Morgan fingerprint density at radius 2 is 1.97 bits per heavy atom. The van der Waals surface area contributed by atoms with Crippen LogP contribution in [0.3, 0.4) is 0 Å². The van der Waals surface area contributed by atoms with E-state index in [1.54, 1.807) is 18.2 Å². The number of hydrogen-bond donors (Lipinski definition) is 3. The second-order valence-electron chi connectivity index (χ2n) is 8.03. The zero-order valence-corrected chi connectivity index (χ0v) is 17.4. The van der Waals surface area contributed by atoms with Crippen molar-refractivity contribution in [1.29, 1.82) is 0 Å². The Morgan fingerprint density at radius 1 is 1.17 bits per heavy atom. The van der Waals surface area contributed by atoms with E-state index in [2.05, 4.69) is 0 Å². The van der Waals surface area contributed by atoms with Gasteiger partial charge in [0.25, 0.3) is 0 Å². The summed E-state index contributed by atoms with van der Waals surface area (Å²) in [6.07, 6.45) is 0.551. The molecular formula is C23H27ClO6. The van der Waals surface area contributed by atoms with Crippen LogP contribution in [0.15, 0.2) is 42.5 Å². The van der Waals surface area contributed by atoms with E-state index in [4.69, 9.17) is 25.8 Å². The molecule has 3 N–H and O–H groups in total. The Morgan fingerprint density at radius 3 is 2.67 bits per heavy atom.